The number of rotatable bonds is 5. The highest BCUT2D eigenvalue weighted by atomic mass is 35.5. The average Bonchev–Trinajstić information content (AvgIpc) is 2.48. The van der Waals surface area contributed by atoms with Gasteiger partial charge in [0.05, 0.1) is 17.3 Å². The van der Waals surface area contributed by atoms with E-state index in [0.29, 0.717) is 5.92 Å². The Labute approximate surface area is 123 Å². The van der Waals surface area contributed by atoms with Crippen LogP contribution in [0.15, 0.2) is 18.2 Å². The molecule has 2 rings (SSSR count). The Morgan fingerprint density at radius 1 is 1.30 bits per heavy atom. The Balaban J connectivity index is 1.73. The van der Waals surface area contributed by atoms with E-state index in [4.69, 9.17) is 11.6 Å². The number of benzene rings is 1. The second-order valence-electron chi connectivity index (χ2n) is 5.26. The van der Waals surface area contributed by atoms with Crippen LogP contribution in [0.5, 0.6) is 0 Å². The van der Waals surface area contributed by atoms with Crippen LogP contribution in [0.25, 0.3) is 0 Å². The molecule has 1 aliphatic rings. The van der Waals surface area contributed by atoms with Crippen molar-refractivity contribution in [2.24, 2.45) is 5.92 Å². The summed E-state index contributed by atoms with van der Waals surface area (Å²) in [5, 5.41) is 5.72. The average molecular weight is 299 g/mol. The summed E-state index contributed by atoms with van der Waals surface area (Å²) in [7, 11) is 0. The maximum absolute atomic E-state index is 13.6. The van der Waals surface area contributed by atoms with Gasteiger partial charge in [-0.25, -0.2) is 4.39 Å². The van der Waals surface area contributed by atoms with Crippen LogP contribution >= 0.6 is 11.6 Å². The van der Waals surface area contributed by atoms with E-state index in [2.05, 4.69) is 10.6 Å². The quantitative estimate of drug-likeness (QED) is 0.872. The second-order valence-corrected chi connectivity index (χ2v) is 5.67. The number of hydrogen-bond acceptors (Lipinski definition) is 2. The Kier molecular flexibility index (Phi) is 5.65. The van der Waals surface area contributed by atoms with E-state index in [1.807, 2.05) is 0 Å². The molecule has 1 saturated carbocycles. The third kappa shape index (κ3) is 4.37. The Morgan fingerprint density at radius 3 is 2.80 bits per heavy atom. The molecule has 0 atom stereocenters. The van der Waals surface area contributed by atoms with Crippen LogP contribution < -0.4 is 10.6 Å². The van der Waals surface area contributed by atoms with Gasteiger partial charge in [0.2, 0.25) is 5.91 Å². The molecule has 110 valence electrons. The number of nitrogens with one attached hydrogen (secondary N) is 2. The number of hydrogen-bond donors (Lipinski definition) is 2. The highest BCUT2D eigenvalue weighted by Gasteiger charge is 2.14. The van der Waals surface area contributed by atoms with Crippen LogP contribution in [-0.2, 0) is 4.79 Å². The minimum atomic E-state index is -0.519. The molecule has 1 amide bonds. The Bertz CT molecular complexity index is 461. The van der Waals surface area contributed by atoms with Crippen molar-refractivity contribution in [1.29, 1.82) is 0 Å². The normalized spacial score (nSPS) is 15.9. The summed E-state index contributed by atoms with van der Waals surface area (Å²) in [5.74, 6) is -0.0418. The van der Waals surface area contributed by atoms with Crippen molar-refractivity contribution in [1.82, 2.24) is 5.32 Å². The lowest BCUT2D eigenvalue weighted by molar-refractivity contribution is -0.119. The number of anilines is 1. The van der Waals surface area contributed by atoms with Gasteiger partial charge in [0.1, 0.15) is 0 Å². The summed E-state index contributed by atoms with van der Waals surface area (Å²) in [6.45, 7) is 0.780. The molecule has 5 heteroatoms. The fourth-order valence-electron chi connectivity index (χ4n) is 2.53. The number of halogens is 2. The maximum atomic E-state index is 13.6. The fraction of sp³-hybridized carbons (Fsp3) is 0.533. The molecule has 0 aliphatic heterocycles. The van der Waals surface area contributed by atoms with Crippen molar-refractivity contribution in [3.8, 4) is 0 Å². The van der Waals surface area contributed by atoms with Gasteiger partial charge in [-0.1, -0.05) is 36.9 Å². The largest absolute Gasteiger partial charge is 0.374 e. The predicted molar refractivity (Wildman–Crippen MR) is 79.5 cm³/mol. The van der Waals surface area contributed by atoms with E-state index >= 15 is 0 Å². The van der Waals surface area contributed by atoms with Gasteiger partial charge in [0, 0.05) is 6.54 Å². The molecule has 1 aromatic rings. The summed E-state index contributed by atoms with van der Waals surface area (Å²) in [6.07, 6.45) is 6.20. The summed E-state index contributed by atoms with van der Waals surface area (Å²) in [4.78, 5) is 11.7. The van der Waals surface area contributed by atoms with Crippen molar-refractivity contribution in [2.75, 3.05) is 18.4 Å². The molecule has 0 bridgehead atoms. The highest BCUT2D eigenvalue weighted by Crippen LogP contribution is 2.23. The molecule has 0 saturated heterocycles. The van der Waals surface area contributed by atoms with Gasteiger partial charge in [-0.15, -0.1) is 0 Å². The van der Waals surface area contributed by atoms with E-state index in [-0.39, 0.29) is 23.2 Å². The van der Waals surface area contributed by atoms with Gasteiger partial charge < -0.3 is 10.6 Å². The van der Waals surface area contributed by atoms with Crippen molar-refractivity contribution >= 4 is 23.2 Å². The van der Waals surface area contributed by atoms with Crippen molar-refractivity contribution < 1.29 is 9.18 Å². The predicted octanol–water partition coefficient (Wildman–Crippen LogP) is 3.59. The molecule has 2 N–H and O–H groups in total. The second kappa shape index (κ2) is 7.48. The molecule has 0 aromatic heterocycles. The van der Waals surface area contributed by atoms with Crippen LogP contribution in [-0.4, -0.2) is 19.0 Å². The molecule has 1 aliphatic carbocycles. The number of carbonyl (C=O) groups excluding carboxylic acids is 1. The Morgan fingerprint density at radius 2 is 2.05 bits per heavy atom. The first kappa shape index (κ1) is 15.1. The summed E-state index contributed by atoms with van der Waals surface area (Å²) < 4.78 is 13.6. The molecule has 1 fully saturated rings. The summed E-state index contributed by atoms with van der Waals surface area (Å²) >= 11 is 5.68. The maximum Gasteiger partial charge on any atom is 0.239 e. The van der Waals surface area contributed by atoms with Gasteiger partial charge in [-0.05, 0) is 30.9 Å². The van der Waals surface area contributed by atoms with Crippen LogP contribution in [0, 0.1) is 11.7 Å². The third-order valence-corrected chi connectivity index (χ3v) is 4.00. The summed E-state index contributed by atoms with van der Waals surface area (Å²) in [5.41, 5.74) is 0.255. The highest BCUT2D eigenvalue weighted by molar-refractivity contribution is 6.31. The van der Waals surface area contributed by atoms with Crippen LogP contribution in [0.2, 0.25) is 5.02 Å². The van der Waals surface area contributed by atoms with Crippen molar-refractivity contribution in [3.05, 3.63) is 29.0 Å². The van der Waals surface area contributed by atoms with E-state index in [1.165, 1.54) is 38.2 Å². The van der Waals surface area contributed by atoms with E-state index < -0.39 is 5.82 Å². The molecule has 20 heavy (non-hydrogen) atoms. The van der Waals surface area contributed by atoms with Gasteiger partial charge in [0.15, 0.2) is 5.82 Å². The van der Waals surface area contributed by atoms with Crippen molar-refractivity contribution in [3.63, 3.8) is 0 Å². The topological polar surface area (TPSA) is 41.1 Å². The van der Waals surface area contributed by atoms with Gasteiger partial charge >= 0.3 is 0 Å². The molecular weight excluding hydrogens is 279 g/mol. The summed E-state index contributed by atoms with van der Waals surface area (Å²) in [6, 6.07) is 4.69. The minimum Gasteiger partial charge on any atom is -0.374 e. The lowest BCUT2D eigenvalue weighted by Gasteiger charge is -2.21. The first-order chi connectivity index (χ1) is 9.66. The zero-order valence-corrected chi connectivity index (χ0v) is 12.2. The standard InChI is InChI=1S/C15H20ClFN2O/c16-12-7-4-8-13(15(12)17)18-10-14(20)19-9-11-5-2-1-3-6-11/h4,7-8,11,18H,1-3,5-6,9-10H2,(H,19,20). The molecule has 1 aromatic carbocycles. The molecule has 0 spiro atoms. The van der Waals surface area contributed by atoms with E-state index in [0.717, 1.165) is 6.54 Å². The number of carbonyl (C=O) groups is 1. The SMILES string of the molecule is O=C(CNc1cccc(Cl)c1F)NCC1CCCCC1. The fourth-order valence-corrected chi connectivity index (χ4v) is 2.70. The molecule has 0 heterocycles. The smallest absolute Gasteiger partial charge is 0.239 e. The minimum absolute atomic E-state index is 0.0533. The lowest BCUT2D eigenvalue weighted by atomic mass is 9.89. The molecule has 0 unspecified atom stereocenters. The zero-order valence-electron chi connectivity index (χ0n) is 11.4. The van der Waals surface area contributed by atoms with Crippen LogP contribution in [0.4, 0.5) is 10.1 Å². The van der Waals surface area contributed by atoms with E-state index in [9.17, 15) is 9.18 Å². The van der Waals surface area contributed by atoms with Crippen LogP contribution in [0.1, 0.15) is 32.1 Å². The molecule has 0 radical (unpaired) electrons. The third-order valence-electron chi connectivity index (χ3n) is 3.70. The Hall–Kier alpha value is -1.29. The molecule has 3 nitrogen and oxygen atoms in total. The monoisotopic (exact) mass is 298 g/mol. The van der Waals surface area contributed by atoms with Gasteiger partial charge in [0.25, 0.3) is 0 Å². The molecular formula is C15H20ClFN2O. The van der Waals surface area contributed by atoms with Gasteiger partial charge in [-0.3, -0.25) is 4.79 Å². The number of amides is 1. The van der Waals surface area contributed by atoms with Crippen molar-refractivity contribution in [2.45, 2.75) is 32.1 Å². The zero-order chi connectivity index (χ0) is 14.4. The van der Waals surface area contributed by atoms with Gasteiger partial charge in [-0.2, -0.15) is 0 Å². The van der Waals surface area contributed by atoms with Crippen LogP contribution in [0.3, 0.4) is 0 Å². The van der Waals surface area contributed by atoms with E-state index in [1.54, 1.807) is 12.1 Å². The first-order valence-corrected chi connectivity index (χ1v) is 7.49. The first-order valence-electron chi connectivity index (χ1n) is 7.11. The lowest BCUT2D eigenvalue weighted by Crippen LogP contribution is -2.34.